The van der Waals surface area contributed by atoms with E-state index in [1.807, 2.05) is 6.92 Å². The SMILES string of the molecule is CCC(CC(N)=NO)NC(=O)N1CCOCC1. The number of nitrogens with one attached hydrogen (secondary N) is 1. The van der Waals surface area contributed by atoms with Crippen LogP contribution in [0, 0.1) is 0 Å². The second-order valence-corrected chi connectivity index (χ2v) is 3.95. The van der Waals surface area contributed by atoms with Gasteiger partial charge >= 0.3 is 6.03 Å². The minimum atomic E-state index is -0.120. The number of amidine groups is 1. The number of amides is 2. The van der Waals surface area contributed by atoms with Crippen LogP contribution in [-0.2, 0) is 4.74 Å². The Morgan fingerprint density at radius 3 is 2.76 bits per heavy atom. The zero-order valence-electron chi connectivity index (χ0n) is 10.1. The van der Waals surface area contributed by atoms with Crippen molar-refractivity contribution in [3.05, 3.63) is 0 Å². The predicted molar refractivity (Wildman–Crippen MR) is 63.0 cm³/mol. The summed E-state index contributed by atoms with van der Waals surface area (Å²) >= 11 is 0. The molecule has 1 saturated heterocycles. The van der Waals surface area contributed by atoms with Gasteiger partial charge in [0.1, 0.15) is 5.84 Å². The first-order valence-corrected chi connectivity index (χ1v) is 5.77. The maximum atomic E-state index is 11.9. The van der Waals surface area contributed by atoms with Gasteiger partial charge in [-0.2, -0.15) is 0 Å². The molecule has 4 N–H and O–H groups in total. The molecule has 1 aliphatic heterocycles. The van der Waals surface area contributed by atoms with Crippen LogP contribution in [0.4, 0.5) is 4.79 Å². The first-order chi connectivity index (χ1) is 8.17. The molecule has 0 aliphatic carbocycles. The smallest absolute Gasteiger partial charge is 0.317 e. The number of rotatable bonds is 4. The van der Waals surface area contributed by atoms with Gasteiger partial charge in [-0.1, -0.05) is 12.1 Å². The standard InChI is InChI=1S/C10H20N4O3/c1-2-8(7-9(11)13-16)12-10(15)14-3-5-17-6-4-14/h8,16H,2-7H2,1H3,(H2,11,13)(H,12,15). The number of oxime groups is 1. The Kier molecular flexibility index (Phi) is 5.55. The van der Waals surface area contributed by atoms with Gasteiger partial charge < -0.3 is 25.9 Å². The molecular formula is C10H20N4O3. The summed E-state index contributed by atoms with van der Waals surface area (Å²) in [5, 5.41) is 14.3. The molecule has 1 fully saturated rings. The molecule has 17 heavy (non-hydrogen) atoms. The van der Waals surface area contributed by atoms with E-state index in [2.05, 4.69) is 10.5 Å². The second kappa shape index (κ2) is 6.95. The number of urea groups is 1. The third-order valence-corrected chi connectivity index (χ3v) is 2.70. The summed E-state index contributed by atoms with van der Waals surface area (Å²) < 4.78 is 5.17. The van der Waals surface area contributed by atoms with Gasteiger partial charge in [0.2, 0.25) is 0 Å². The molecule has 98 valence electrons. The maximum absolute atomic E-state index is 11.9. The molecule has 0 spiro atoms. The van der Waals surface area contributed by atoms with E-state index in [0.717, 1.165) is 6.42 Å². The van der Waals surface area contributed by atoms with Gasteiger partial charge in [-0.05, 0) is 6.42 Å². The highest BCUT2D eigenvalue weighted by Crippen LogP contribution is 2.02. The molecule has 0 aromatic heterocycles. The van der Waals surface area contributed by atoms with Crippen LogP contribution in [-0.4, -0.2) is 54.3 Å². The average Bonchev–Trinajstić information content (AvgIpc) is 2.38. The average molecular weight is 244 g/mol. The first-order valence-electron chi connectivity index (χ1n) is 5.77. The van der Waals surface area contributed by atoms with E-state index in [9.17, 15) is 4.79 Å². The summed E-state index contributed by atoms with van der Waals surface area (Å²) in [4.78, 5) is 13.6. The fourth-order valence-corrected chi connectivity index (χ4v) is 1.62. The molecule has 2 amide bonds. The summed E-state index contributed by atoms with van der Waals surface area (Å²) in [6.45, 7) is 4.29. The molecule has 1 heterocycles. The van der Waals surface area contributed by atoms with E-state index in [-0.39, 0.29) is 17.9 Å². The van der Waals surface area contributed by atoms with Crippen molar-refractivity contribution in [1.29, 1.82) is 0 Å². The summed E-state index contributed by atoms with van der Waals surface area (Å²) in [6, 6.07) is -0.230. The number of carbonyl (C=O) groups is 1. The van der Waals surface area contributed by atoms with Gasteiger partial charge in [0, 0.05) is 25.6 Å². The van der Waals surface area contributed by atoms with Crippen LogP contribution in [0.3, 0.4) is 0 Å². The molecule has 0 bridgehead atoms. The third-order valence-electron chi connectivity index (χ3n) is 2.70. The van der Waals surface area contributed by atoms with Crippen molar-refractivity contribution in [3.63, 3.8) is 0 Å². The lowest BCUT2D eigenvalue weighted by Crippen LogP contribution is -2.49. The number of nitrogens with two attached hydrogens (primary N) is 1. The number of ether oxygens (including phenoxy) is 1. The quantitative estimate of drug-likeness (QED) is 0.279. The monoisotopic (exact) mass is 244 g/mol. The molecule has 1 aliphatic rings. The van der Waals surface area contributed by atoms with E-state index in [4.69, 9.17) is 15.7 Å². The summed E-state index contributed by atoms with van der Waals surface area (Å²) in [5.74, 6) is 0.124. The summed E-state index contributed by atoms with van der Waals surface area (Å²) in [5.41, 5.74) is 5.42. The molecule has 7 heteroatoms. The Hall–Kier alpha value is -1.50. The summed E-state index contributed by atoms with van der Waals surface area (Å²) in [6.07, 6.45) is 1.08. The minimum Gasteiger partial charge on any atom is -0.409 e. The highest BCUT2D eigenvalue weighted by Gasteiger charge is 2.19. The molecule has 0 saturated carbocycles. The highest BCUT2D eigenvalue weighted by molar-refractivity contribution is 5.81. The lowest BCUT2D eigenvalue weighted by molar-refractivity contribution is 0.0525. The highest BCUT2D eigenvalue weighted by atomic mass is 16.5. The lowest BCUT2D eigenvalue weighted by Gasteiger charge is -2.29. The lowest BCUT2D eigenvalue weighted by atomic mass is 10.1. The molecule has 7 nitrogen and oxygen atoms in total. The van der Waals surface area contributed by atoms with Gasteiger partial charge in [0.25, 0.3) is 0 Å². The Bertz CT molecular complexity index is 277. The minimum absolute atomic E-state index is 0.110. The molecule has 1 atom stereocenters. The van der Waals surface area contributed by atoms with Crippen LogP contribution in [0.1, 0.15) is 19.8 Å². The second-order valence-electron chi connectivity index (χ2n) is 3.95. The van der Waals surface area contributed by atoms with Crippen LogP contribution in [0.2, 0.25) is 0 Å². The number of hydrogen-bond acceptors (Lipinski definition) is 4. The molecular weight excluding hydrogens is 224 g/mol. The van der Waals surface area contributed by atoms with Crippen molar-refractivity contribution in [2.24, 2.45) is 10.9 Å². The summed E-state index contributed by atoms with van der Waals surface area (Å²) in [7, 11) is 0. The number of morpholine rings is 1. The number of hydrogen-bond donors (Lipinski definition) is 3. The predicted octanol–water partition coefficient (Wildman–Crippen LogP) is -0.0567. The number of carbonyl (C=O) groups excluding carboxylic acids is 1. The van der Waals surface area contributed by atoms with Crippen molar-refractivity contribution in [2.75, 3.05) is 26.3 Å². The van der Waals surface area contributed by atoms with Crippen molar-refractivity contribution in [3.8, 4) is 0 Å². The zero-order valence-corrected chi connectivity index (χ0v) is 10.1. The zero-order chi connectivity index (χ0) is 12.7. The molecule has 1 unspecified atom stereocenters. The fourth-order valence-electron chi connectivity index (χ4n) is 1.62. The Morgan fingerprint density at radius 1 is 1.59 bits per heavy atom. The Morgan fingerprint density at radius 2 is 2.24 bits per heavy atom. The van der Waals surface area contributed by atoms with Crippen LogP contribution in [0.5, 0.6) is 0 Å². The number of nitrogens with zero attached hydrogens (tertiary/aromatic N) is 2. The van der Waals surface area contributed by atoms with E-state index in [1.165, 1.54) is 0 Å². The van der Waals surface area contributed by atoms with Crippen molar-refractivity contribution < 1.29 is 14.7 Å². The van der Waals surface area contributed by atoms with E-state index < -0.39 is 0 Å². The molecule has 0 aromatic carbocycles. The van der Waals surface area contributed by atoms with Crippen LogP contribution >= 0.6 is 0 Å². The van der Waals surface area contributed by atoms with E-state index in [1.54, 1.807) is 4.90 Å². The van der Waals surface area contributed by atoms with E-state index in [0.29, 0.717) is 32.7 Å². The Balaban J connectivity index is 2.41. The normalized spacial score (nSPS) is 18.9. The van der Waals surface area contributed by atoms with Gasteiger partial charge in [-0.3, -0.25) is 0 Å². The van der Waals surface area contributed by atoms with Gasteiger partial charge in [0.15, 0.2) is 0 Å². The molecule has 0 aromatic rings. The van der Waals surface area contributed by atoms with E-state index >= 15 is 0 Å². The Labute approximate surface area is 101 Å². The first kappa shape index (κ1) is 13.6. The largest absolute Gasteiger partial charge is 0.409 e. The van der Waals surface area contributed by atoms with Gasteiger partial charge in [0.05, 0.1) is 13.2 Å². The molecule has 0 radical (unpaired) electrons. The third kappa shape index (κ3) is 4.48. The van der Waals surface area contributed by atoms with Crippen molar-refractivity contribution in [1.82, 2.24) is 10.2 Å². The van der Waals surface area contributed by atoms with Gasteiger partial charge in [-0.15, -0.1) is 0 Å². The van der Waals surface area contributed by atoms with Crippen molar-refractivity contribution >= 4 is 11.9 Å². The van der Waals surface area contributed by atoms with Crippen LogP contribution in [0.25, 0.3) is 0 Å². The van der Waals surface area contributed by atoms with Crippen molar-refractivity contribution in [2.45, 2.75) is 25.8 Å². The van der Waals surface area contributed by atoms with Gasteiger partial charge in [-0.25, -0.2) is 4.79 Å². The van der Waals surface area contributed by atoms with Crippen LogP contribution < -0.4 is 11.1 Å². The van der Waals surface area contributed by atoms with Crippen LogP contribution in [0.15, 0.2) is 5.16 Å². The topological polar surface area (TPSA) is 100 Å². The fraction of sp³-hybridized carbons (Fsp3) is 0.800. The molecule has 1 rings (SSSR count). The maximum Gasteiger partial charge on any atom is 0.317 e.